The number of carbonyl (C=O) groups is 1. The second-order valence-corrected chi connectivity index (χ2v) is 8.74. The number of benzene rings is 2. The van der Waals surface area contributed by atoms with E-state index in [0.717, 1.165) is 16.2 Å². The van der Waals surface area contributed by atoms with Gasteiger partial charge in [0.05, 0.1) is 31.0 Å². The van der Waals surface area contributed by atoms with Gasteiger partial charge in [-0.25, -0.2) is 4.98 Å². The number of hydrogen-bond donors (Lipinski definition) is 1. The van der Waals surface area contributed by atoms with E-state index in [2.05, 4.69) is 28.1 Å². The van der Waals surface area contributed by atoms with Gasteiger partial charge in [0.25, 0.3) is 0 Å². The second-order valence-electron chi connectivity index (χ2n) is 7.80. The Hall–Kier alpha value is -2.67. The minimum atomic E-state index is -0.0120. The van der Waals surface area contributed by atoms with Gasteiger partial charge in [-0.05, 0) is 42.7 Å². The third kappa shape index (κ3) is 4.98. The largest absolute Gasteiger partial charge is 0.493 e. The van der Waals surface area contributed by atoms with E-state index < -0.39 is 0 Å². The van der Waals surface area contributed by atoms with Crippen LogP contribution in [0.15, 0.2) is 47.6 Å². The van der Waals surface area contributed by atoms with Crippen molar-refractivity contribution in [2.45, 2.75) is 49.8 Å². The van der Waals surface area contributed by atoms with E-state index in [1.54, 1.807) is 14.2 Å². The summed E-state index contributed by atoms with van der Waals surface area (Å²) in [7, 11) is 3.21. The van der Waals surface area contributed by atoms with Crippen molar-refractivity contribution < 1.29 is 14.3 Å². The summed E-state index contributed by atoms with van der Waals surface area (Å²) in [6, 6.07) is 14.4. The van der Waals surface area contributed by atoms with Crippen molar-refractivity contribution in [2.75, 3.05) is 20.0 Å². The van der Waals surface area contributed by atoms with Gasteiger partial charge in [-0.2, -0.15) is 0 Å². The average molecular weight is 440 g/mol. The van der Waals surface area contributed by atoms with Crippen molar-refractivity contribution >= 4 is 28.7 Å². The summed E-state index contributed by atoms with van der Waals surface area (Å²) in [6.07, 6.45) is 6.18. The maximum absolute atomic E-state index is 12.5. The molecule has 1 aliphatic rings. The molecule has 1 heterocycles. The van der Waals surface area contributed by atoms with Crippen LogP contribution in [0.2, 0.25) is 0 Å². The van der Waals surface area contributed by atoms with Crippen LogP contribution in [-0.2, 0) is 11.3 Å². The Balaban J connectivity index is 1.41. The lowest BCUT2D eigenvalue weighted by atomic mass is 9.95. The zero-order valence-corrected chi connectivity index (χ0v) is 18.9. The number of imidazole rings is 1. The number of nitrogens with one attached hydrogen (secondary N) is 1. The molecule has 1 N–H and O–H groups in total. The summed E-state index contributed by atoms with van der Waals surface area (Å²) in [5.41, 5.74) is 3.13. The normalized spacial score (nSPS) is 14.5. The number of hydrogen-bond acceptors (Lipinski definition) is 5. The fraction of sp³-hybridized carbons (Fsp3) is 0.417. The fourth-order valence-corrected chi connectivity index (χ4v) is 5.10. The summed E-state index contributed by atoms with van der Waals surface area (Å²) in [5.74, 6) is 1.66. The SMILES string of the molecule is COc1ccc(CNC(=O)CSc2nc3ccccc3n2C2CCCCC2)cc1OC. The van der Waals surface area contributed by atoms with Crippen LogP contribution in [0.25, 0.3) is 11.0 Å². The molecule has 4 rings (SSSR count). The number of fused-ring (bicyclic) bond motifs is 1. The van der Waals surface area contributed by atoms with Crippen molar-refractivity contribution in [2.24, 2.45) is 0 Å². The highest BCUT2D eigenvalue weighted by Crippen LogP contribution is 2.35. The Kier molecular flexibility index (Phi) is 7.02. The van der Waals surface area contributed by atoms with Crippen LogP contribution in [0.5, 0.6) is 11.5 Å². The van der Waals surface area contributed by atoms with Crippen molar-refractivity contribution in [1.82, 2.24) is 14.9 Å². The quantitative estimate of drug-likeness (QED) is 0.502. The van der Waals surface area contributed by atoms with Gasteiger partial charge in [0.15, 0.2) is 16.7 Å². The Morgan fingerprint density at radius 3 is 2.65 bits per heavy atom. The van der Waals surface area contributed by atoms with Gasteiger partial charge in [0.1, 0.15) is 0 Å². The zero-order chi connectivity index (χ0) is 21.6. The highest BCUT2D eigenvalue weighted by atomic mass is 32.2. The first kappa shape index (κ1) is 21.6. The number of methoxy groups -OCH3 is 2. The number of amides is 1. The van der Waals surface area contributed by atoms with E-state index in [-0.39, 0.29) is 5.91 Å². The molecule has 0 spiro atoms. The molecule has 164 valence electrons. The Bertz CT molecular complexity index is 1040. The van der Waals surface area contributed by atoms with Crippen LogP contribution in [0.3, 0.4) is 0 Å². The number of para-hydroxylation sites is 2. The molecule has 1 amide bonds. The lowest BCUT2D eigenvalue weighted by molar-refractivity contribution is -0.118. The molecule has 7 heteroatoms. The first-order chi connectivity index (χ1) is 15.2. The van der Waals surface area contributed by atoms with E-state index in [1.165, 1.54) is 49.4 Å². The Labute approximate surface area is 187 Å². The van der Waals surface area contributed by atoms with Gasteiger partial charge in [0.2, 0.25) is 5.91 Å². The highest BCUT2D eigenvalue weighted by Gasteiger charge is 2.22. The lowest BCUT2D eigenvalue weighted by Crippen LogP contribution is -2.25. The summed E-state index contributed by atoms with van der Waals surface area (Å²) < 4.78 is 13.0. The average Bonchev–Trinajstić information content (AvgIpc) is 3.20. The standard InChI is InChI=1S/C24H29N3O3S/c1-29-21-13-12-17(14-22(21)30-2)15-25-23(28)16-31-24-26-19-10-6-7-11-20(19)27(24)18-8-4-3-5-9-18/h6-7,10-14,18H,3-5,8-9,15-16H2,1-2H3,(H,25,28). The first-order valence-electron chi connectivity index (χ1n) is 10.8. The maximum Gasteiger partial charge on any atom is 0.230 e. The smallest absolute Gasteiger partial charge is 0.230 e. The first-order valence-corrected chi connectivity index (χ1v) is 11.8. The molecular formula is C24H29N3O3S. The number of nitrogens with zero attached hydrogens (tertiary/aromatic N) is 2. The maximum atomic E-state index is 12.5. The third-order valence-corrected chi connectivity index (χ3v) is 6.73. The van der Waals surface area contributed by atoms with Gasteiger partial charge in [0, 0.05) is 12.6 Å². The number of ether oxygens (including phenoxy) is 2. The van der Waals surface area contributed by atoms with E-state index in [4.69, 9.17) is 14.5 Å². The summed E-state index contributed by atoms with van der Waals surface area (Å²) in [4.78, 5) is 17.4. The van der Waals surface area contributed by atoms with Crippen LogP contribution in [0.1, 0.15) is 43.7 Å². The topological polar surface area (TPSA) is 65.4 Å². The second kappa shape index (κ2) is 10.1. The predicted octanol–water partition coefficient (Wildman–Crippen LogP) is 4.97. The molecule has 0 unspecified atom stereocenters. The van der Waals surface area contributed by atoms with Crippen LogP contribution < -0.4 is 14.8 Å². The summed E-state index contributed by atoms with van der Waals surface area (Å²) in [6.45, 7) is 0.443. The number of thioether (sulfide) groups is 1. The molecule has 0 bridgehead atoms. The molecule has 0 saturated heterocycles. The molecule has 2 aromatic carbocycles. The predicted molar refractivity (Wildman–Crippen MR) is 124 cm³/mol. The molecular weight excluding hydrogens is 410 g/mol. The van der Waals surface area contributed by atoms with Crippen molar-refractivity contribution in [3.63, 3.8) is 0 Å². The van der Waals surface area contributed by atoms with Crippen molar-refractivity contribution in [1.29, 1.82) is 0 Å². The fourth-order valence-electron chi connectivity index (χ4n) is 4.19. The van der Waals surface area contributed by atoms with Gasteiger partial charge < -0.3 is 19.4 Å². The monoisotopic (exact) mass is 439 g/mol. The molecule has 1 aliphatic carbocycles. The van der Waals surface area contributed by atoms with Crippen molar-refractivity contribution in [3.05, 3.63) is 48.0 Å². The molecule has 1 saturated carbocycles. The van der Waals surface area contributed by atoms with Gasteiger partial charge >= 0.3 is 0 Å². The highest BCUT2D eigenvalue weighted by molar-refractivity contribution is 7.99. The van der Waals surface area contributed by atoms with Crippen LogP contribution in [0.4, 0.5) is 0 Å². The molecule has 0 aliphatic heterocycles. The molecule has 0 atom stereocenters. The number of carbonyl (C=O) groups excluding carboxylic acids is 1. The van der Waals surface area contributed by atoms with E-state index in [1.807, 2.05) is 24.3 Å². The van der Waals surface area contributed by atoms with E-state index in [9.17, 15) is 4.79 Å². The number of rotatable bonds is 8. The van der Waals surface area contributed by atoms with E-state index in [0.29, 0.717) is 29.8 Å². The van der Waals surface area contributed by atoms with Crippen molar-refractivity contribution in [3.8, 4) is 11.5 Å². The zero-order valence-electron chi connectivity index (χ0n) is 18.1. The summed E-state index contributed by atoms with van der Waals surface area (Å²) >= 11 is 1.52. The molecule has 3 aromatic rings. The molecule has 1 fully saturated rings. The minimum absolute atomic E-state index is 0.0120. The molecule has 6 nitrogen and oxygen atoms in total. The lowest BCUT2D eigenvalue weighted by Gasteiger charge is -2.25. The van der Waals surface area contributed by atoms with Crippen LogP contribution in [0, 0.1) is 0 Å². The van der Waals surface area contributed by atoms with Gasteiger partial charge in [-0.15, -0.1) is 0 Å². The van der Waals surface area contributed by atoms with E-state index >= 15 is 0 Å². The summed E-state index contributed by atoms with van der Waals surface area (Å²) in [5, 5.41) is 3.94. The Morgan fingerprint density at radius 1 is 1.10 bits per heavy atom. The third-order valence-electron chi connectivity index (χ3n) is 5.77. The van der Waals surface area contributed by atoms with Gasteiger partial charge in [-0.3, -0.25) is 4.79 Å². The Morgan fingerprint density at radius 2 is 1.87 bits per heavy atom. The van der Waals surface area contributed by atoms with Crippen LogP contribution in [-0.4, -0.2) is 35.4 Å². The molecule has 0 radical (unpaired) electrons. The van der Waals surface area contributed by atoms with Crippen LogP contribution >= 0.6 is 11.8 Å². The van der Waals surface area contributed by atoms with Gasteiger partial charge in [-0.1, -0.05) is 49.2 Å². The molecule has 31 heavy (non-hydrogen) atoms. The molecule has 1 aromatic heterocycles. The minimum Gasteiger partial charge on any atom is -0.493 e. The number of aromatic nitrogens is 2.